The highest BCUT2D eigenvalue weighted by atomic mass is 19.1. The molecule has 2 aliphatic carbocycles. The van der Waals surface area contributed by atoms with Crippen LogP contribution in [-0.4, -0.2) is 16.0 Å². The Morgan fingerprint density at radius 3 is 2.83 bits per heavy atom. The molecule has 0 spiro atoms. The lowest BCUT2D eigenvalue weighted by atomic mass is 9.78. The van der Waals surface area contributed by atoms with E-state index in [4.69, 9.17) is 4.52 Å². The minimum atomic E-state index is -0.297. The fourth-order valence-corrected chi connectivity index (χ4v) is 5.25. The van der Waals surface area contributed by atoms with Crippen molar-refractivity contribution in [2.75, 3.05) is 0 Å². The Morgan fingerprint density at radius 2 is 2.00 bits per heavy atom. The standard InChI is InChI=1S/C24H24FN3O2/c1-14-4-2-6-18(10-14)22-27-24(30-28-22)21-17-9-8-16(12-17)20(21)23(29)26-13-15-5-3-7-19(25)11-15/h2-7,10-11,16-17,20-21H,8-9,12-13H2,1H3,(H,26,29)/t16-,17+,20-,21-/m0/s1. The molecular formula is C24H24FN3O2. The SMILES string of the molecule is Cc1cccc(-c2noc([C@H]3[C@@H]4CC[C@@H](C4)[C@@H]3C(=O)NCc3cccc(F)c3)n2)c1. The lowest BCUT2D eigenvalue weighted by Crippen LogP contribution is -2.37. The van der Waals surface area contributed by atoms with Crippen LogP contribution in [0.3, 0.4) is 0 Å². The van der Waals surface area contributed by atoms with Gasteiger partial charge >= 0.3 is 0 Å². The largest absolute Gasteiger partial charge is 0.352 e. The number of carbonyl (C=O) groups is 1. The van der Waals surface area contributed by atoms with Crippen molar-refractivity contribution in [3.63, 3.8) is 0 Å². The number of benzene rings is 2. The summed E-state index contributed by atoms with van der Waals surface area (Å²) in [7, 11) is 0. The lowest BCUT2D eigenvalue weighted by molar-refractivity contribution is -0.127. The van der Waals surface area contributed by atoms with E-state index in [1.807, 2.05) is 37.3 Å². The van der Waals surface area contributed by atoms with Crippen molar-refractivity contribution in [3.05, 3.63) is 71.4 Å². The summed E-state index contributed by atoms with van der Waals surface area (Å²) in [6, 6.07) is 14.3. The average molecular weight is 405 g/mol. The summed E-state index contributed by atoms with van der Waals surface area (Å²) >= 11 is 0. The van der Waals surface area contributed by atoms with Crippen LogP contribution in [0.1, 0.15) is 42.2 Å². The first-order valence-corrected chi connectivity index (χ1v) is 10.5. The molecule has 5 nitrogen and oxygen atoms in total. The van der Waals surface area contributed by atoms with Crippen LogP contribution in [0.25, 0.3) is 11.4 Å². The first-order valence-electron chi connectivity index (χ1n) is 10.5. The van der Waals surface area contributed by atoms with Crippen LogP contribution in [0.5, 0.6) is 0 Å². The third kappa shape index (κ3) is 3.51. The third-order valence-electron chi connectivity index (χ3n) is 6.58. The molecule has 30 heavy (non-hydrogen) atoms. The second kappa shape index (κ2) is 7.67. The zero-order valence-electron chi connectivity index (χ0n) is 16.8. The summed E-state index contributed by atoms with van der Waals surface area (Å²) in [5.74, 6) is 1.32. The highest BCUT2D eigenvalue weighted by molar-refractivity contribution is 5.80. The van der Waals surface area contributed by atoms with Gasteiger partial charge in [0.15, 0.2) is 0 Å². The molecule has 5 rings (SSSR count). The molecule has 1 aromatic heterocycles. The number of rotatable bonds is 5. The number of fused-ring (bicyclic) bond motifs is 2. The minimum absolute atomic E-state index is 0.00762. The monoisotopic (exact) mass is 405 g/mol. The Kier molecular flexibility index (Phi) is 4.85. The number of nitrogens with one attached hydrogen (secondary N) is 1. The predicted molar refractivity (Wildman–Crippen MR) is 110 cm³/mol. The van der Waals surface area contributed by atoms with Gasteiger partial charge in [-0.2, -0.15) is 4.98 Å². The number of hydrogen-bond acceptors (Lipinski definition) is 4. The zero-order valence-corrected chi connectivity index (χ0v) is 16.8. The van der Waals surface area contributed by atoms with Gasteiger partial charge in [0.2, 0.25) is 17.6 Å². The van der Waals surface area contributed by atoms with Crippen LogP contribution in [0.2, 0.25) is 0 Å². The van der Waals surface area contributed by atoms with Crippen molar-refractivity contribution in [3.8, 4) is 11.4 Å². The molecular weight excluding hydrogens is 381 g/mol. The maximum Gasteiger partial charge on any atom is 0.231 e. The maximum atomic E-state index is 13.4. The molecule has 2 fully saturated rings. The lowest BCUT2D eigenvalue weighted by Gasteiger charge is -2.27. The quantitative estimate of drug-likeness (QED) is 0.672. The highest BCUT2D eigenvalue weighted by Crippen LogP contribution is 2.56. The van der Waals surface area contributed by atoms with Gasteiger partial charge in [0.25, 0.3) is 0 Å². The highest BCUT2D eigenvalue weighted by Gasteiger charge is 2.53. The summed E-state index contributed by atoms with van der Waals surface area (Å²) in [6.07, 6.45) is 3.16. The van der Waals surface area contributed by atoms with E-state index in [0.29, 0.717) is 30.1 Å². The molecule has 2 bridgehead atoms. The number of nitrogens with zero attached hydrogens (tertiary/aromatic N) is 2. The van der Waals surface area contributed by atoms with Gasteiger partial charge in [-0.1, -0.05) is 41.1 Å². The summed E-state index contributed by atoms with van der Waals surface area (Å²) in [5.41, 5.74) is 2.80. The molecule has 1 heterocycles. The van der Waals surface area contributed by atoms with Gasteiger partial charge < -0.3 is 9.84 Å². The maximum absolute atomic E-state index is 13.4. The Bertz CT molecular complexity index is 1080. The second-order valence-electron chi connectivity index (χ2n) is 8.56. The van der Waals surface area contributed by atoms with Gasteiger partial charge in [0, 0.05) is 12.1 Å². The van der Waals surface area contributed by atoms with Crippen molar-refractivity contribution < 1.29 is 13.7 Å². The summed E-state index contributed by atoms with van der Waals surface area (Å²) in [5, 5.41) is 7.20. The van der Waals surface area contributed by atoms with E-state index >= 15 is 0 Å². The van der Waals surface area contributed by atoms with Crippen molar-refractivity contribution >= 4 is 5.91 Å². The second-order valence-corrected chi connectivity index (χ2v) is 8.56. The summed E-state index contributed by atoms with van der Waals surface area (Å²) in [6.45, 7) is 2.34. The normalized spacial score (nSPS) is 24.9. The first-order chi connectivity index (χ1) is 14.6. The molecule has 1 N–H and O–H groups in total. The molecule has 154 valence electrons. The van der Waals surface area contributed by atoms with Crippen LogP contribution in [-0.2, 0) is 11.3 Å². The fourth-order valence-electron chi connectivity index (χ4n) is 5.25. The van der Waals surface area contributed by atoms with E-state index in [-0.39, 0.29) is 23.6 Å². The summed E-state index contributed by atoms with van der Waals surface area (Å²) in [4.78, 5) is 17.8. The van der Waals surface area contributed by atoms with Crippen LogP contribution in [0.15, 0.2) is 53.1 Å². The van der Waals surface area contributed by atoms with E-state index in [0.717, 1.165) is 36.0 Å². The van der Waals surface area contributed by atoms with Crippen LogP contribution in [0, 0.1) is 30.5 Å². The molecule has 2 saturated carbocycles. The Balaban J connectivity index is 1.36. The predicted octanol–water partition coefficient (Wildman–Crippen LogP) is 4.63. The van der Waals surface area contributed by atoms with Gasteiger partial charge in [0.05, 0.1) is 11.8 Å². The van der Waals surface area contributed by atoms with Crippen LogP contribution in [0.4, 0.5) is 4.39 Å². The smallest absolute Gasteiger partial charge is 0.231 e. The van der Waals surface area contributed by atoms with E-state index in [1.165, 1.54) is 12.1 Å². The van der Waals surface area contributed by atoms with Crippen molar-refractivity contribution in [1.82, 2.24) is 15.5 Å². The first kappa shape index (κ1) is 19.0. The number of hydrogen-bond donors (Lipinski definition) is 1. The Labute approximate surface area is 174 Å². The van der Waals surface area contributed by atoms with Crippen LogP contribution >= 0.6 is 0 Å². The zero-order chi connectivity index (χ0) is 20.7. The minimum Gasteiger partial charge on any atom is -0.352 e. The third-order valence-corrected chi connectivity index (χ3v) is 6.58. The topological polar surface area (TPSA) is 68.0 Å². The van der Waals surface area contributed by atoms with Crippen molar-refractivity contribution in [2.24, 2.45) is 17.8 Å². The molecule has 4 atom stereocenters. The van der Waals surface area contributed by atoms with Crippen molar-refractivity contribution in [2.45, 2.75) is 38.6 Å². The number of amides is 1. The van der Waals surface area contributed by atoms with E-state index < -0.39 is 0 Å². The number of halogens is 1. The van der Waals surface area contributed by atoms with Gasteiger partial charge in [-0.25, -0.2) is 4.39 Å². The number of aryl methyl sites for hydroxylation is 1. The molecule has 2 aliphatic rings. The molecule has 6 heteroatoms. The molecule has 0 aliphatic heterocycles. The number of aromatic nitrogens is 2. The number of carbonyl (C=O) groups excluding carboxylic acids is 1. The molecule has 0 unspecified atom stereocenters. The van der Waals surface area contributed by atoms with E-state index in [9.17, 15) is 9.18 Å². The van der Waals surface area contributed by atoms with Crippen LogP contribution < -0.4 is 5.32 Å². The fraction of sp³-hybridized carbons (Fsp3) is 0.375. The van der Waals surface area contributed by atoms with Crippen molar-refractivity contribution in [1.29, 1.82) is 0 Å². The van der Waals surface area contributed by atoms with Gasteiger partial charge in [-0.15, -0.1) is 0 Å². The summed E-state index contributed by atoms with van der Waals surface area (Å²) < 4.78 is 19.1. The molecule has 1 amide bonds. The van der Waals surface area contributed by atoms with Gasteiger partial charge in [0.1, 0.15) is 5.82 Å². The van der Waals surface area contributed by atoms with E-state index in [1.54, 1.807) is 6.07 Å². The average Bonchev–Trinajstić information content (AvgIpc) is 3.47. The molecule has 3 aromatic rings. The molecule has 0 saturated heterocycles. The molecule has 0 radical (unpaired) electrons. The Hall–Kier alpha value is -3.02. The molecule has 2 aromatic carbocycles. The van der Waals surface area contributed by atoms with Gasteiger partial charge in [-0.3, -0.25) is 4.79 Å². The Morgan fingerprint density at radius 1 is 1.17 bits per heavy atom. The van der Waals surface area contributed by atoms with E-state index in [2.05, 4.69) is 15.5 Å². The van der Waals surface area contributed by atoms with Gasteiger partial charge in [-0.05, 0) is 61.8 Å².